The summed E-state index contributed by atoms with van der Waals surface area (Å²) in [5.74, 6) is -0.452. The molecule has 0 aromatic rings. The second-order valence-corrected chi connectivity index (χ2v) is 6.21. The Hall–Kier alpha value is -0.991. The van der Waals surface area contributed by atoms with Gasteiger partial charge in [-0.1, -0.05) is 89.4 Å². The molecule has 0 atom stereocenters. The summed E-state index contributed by atoms with van der Waals surface area (Å²) >= 11 is 0. The third kappa shape index (κ3) is 12.4. The number of unbranched alkanes of at least 4 members (excludes halogenated alkanes) is 11. The summed E-state index contributed by atoms with van der Waals surface area (Å²) in [7, 11) is 0. The maximum Gasteiger partial charge on any atom is 0.375 e. The second-order valence-electron chi connectivity index (χ2n) is 6.21. The Kier molecular flexibility index (Phi) is 14.9. The molecule has 0 amide bonds. The van der Waals surface area contributed by atoms with Crippen LogP contribution >= 0.6 is 0 Å². The van der Waals surface area contributed by atoms with Gasteiger partial charge in [-0.2, -0.15) is 0 Å². The molecule has 1 heterocycles. The standard InChI is InChI=1S/C20H32O3.Fe/c1-2-3-4-5-6-7-8-9-10-11-12-13-14-15-16-17-18-19(23-18)20(21)22;/h14-17H,2-13H2,1H3,(H,21,22);. The van der Waals surface area contributed by atoms with Crippen LogP contribution < -0.4 is 0 Å². The first kappa shape index (κ1) is 23.0. The van der Waals surface area contributed by atoms with Crippen molar-refractivity contribution < 1.29 is 31.7 Å². The van der Waals surface area contributed by atoms with Crippen molar-refractivity contribution in [2.75, 3.05) is 0 Å². The van der Waals surface area contributed by atoms with E-state index in [1.54, 1.807) is 6.08 Å². The molecular formula is C20H32FeO3. The molecule has 0 saturated carbocycles. The fourth-order valence-electron chi connectivity index (χ4n) is 2.59. The normalized spacial score (nSPS) is 13.4. The van der Waals surface area contributed by atoms with E-state index in [2.05, 4.69) is 13.0 Å². The quantitative estimate of drug-likeness (QED) is 0.213. The van der Waals surface area contributed by atoms with Crippen LogP contribution in [0, 0.1) is 0 Å². The summed E-state index contributed by atoms with van der Waals surface area (Å²) in [6.07, 6.45) is 23.8. The fraction of sp³-hybridized carbons (Fsp3) is 0.650. The first-order valence-corrected chi connectivity index (χ1v) is 9.24. The number of hydrogen-bond donors (Lipinski definition) is 1. The summed E-state index contributed by atoms with van der Waals surface area (Å²) in [6, 6.07) is 0. The molecule has 0 aliphatic carbocycles. The van der Waals surface area contributed by atoms with Crippen molar-refractivity contribution in [3.8, 4) is 0 Å². The van der Waals surface area contributed by atoms with E-state index >= 15 is 0 Å². The predicted octanol–water partition coefficient (Wildman–Crippen LogP) is 6.12. The molecule has 0 aromatic carbocycles. The number of carbonyl (C=O) groups is 1. The van der Waals surface area contributed by atoms with Crippen LogP contribution in [0.1, 0.15) is 84.0 Å². The van der Waals surface area contributed by atoms with Crippen LogP contribution in [0.3, 0.4) is 0 Å². The van der Waals surface area contributed by atoms with E-state index in [-0.39, 0.29) is 22.8 Å². The van der Waals surface area contributed by atoms with Crippen LogP contribution in [-0.2, 0) is 26.6 Å². The summed E-state index contributed by atoms with van der Waals surface area (Å²) < 4.78 is 4.81. The third-order valence-corrected chi connectivity index (χ3v) is 4.06. The zero-order chi connectivity index (χ0) is 16.8. The molecule has 4 heteroatoms. The van der Waals surface area contributed by atoms with Gasteiger partial charge in [0.25, 0.3) is 5.76 Å². The molecule has 24 heavy (non-hydrogen) atoms. The summed E-state index contributed by atoms with van der Waals surface area (Å²) in [6.45, 7) is 2.26. The Morgan fingerprint density at radius 2 is 1.46 bits per heavy atom. The van der Waals surface area contributed by atoms with E-state index in [0.29, 0.717) is 5.76 Å². The molecule has 0 unspecified atom stereocenters. The summed E-state index contributed by atoms with van der Waals surface area (Å²) in [5.41, 5.74) is 0. The first-order chi connectivity index (χ1) is 11.3. The van der Waals surface area contributed by atoms with Gasteiger partial charge < -0.3 is 9.84 Å². The van der Waals surface area contributed by atoms with E-state index in [4.69, 9.17) is 9.84 Å². The second kappa shape index (κ2) is 15.5. The van der Waals surface area contributed by atoms with Gasteiger partial charge in [-0.15, -0.1) is 0 Å². The molecule has 0 saturated heterocycles. The van der Waals surface area contributed by atoms with Crippen molar-refractivity contribution >= 4 is 5.97 Å². The van der Waals surface area contributed by atoms with Crippen LogP contribution in [-0.4, -0.2) is 11.1 Å². The van der Waals surface area contributed by atoms with Crippen molar-refractivity contribution in [2.45, 2.75) is 84.0 Å². The Labute approximate surface area is 157 Å². The molecule has 0 fully saturated rings. The van der Waals surface area contributed by atoms with Gasteiger partial charge >= 0.3 is 5.97 Å². The summed E-state index contributed by atoms with van der Waals surface area (Å²) in [5, 5.41) is 8.61. The van der Waals surface area contributed by atoms with Crippen LogP contribution in [0.25, 0.3) is 0 Å². The Bertz CT molecular complexity index is 425. The molecule has 0 aromatic heterocycles. The molecule has 1 rings (SSSR count). The van der Waals surface area contributed by atoms with Crippen molar-refractivity contribution in [3.05, 3.63) is 35.8 Å². The van der Waals surface area contributed by atoms with Gasteiger partial charge in [-0.3, -0.25) is 0 Å². The number of ether oxygens (including phenoxy) is 1. The van der Waals surface area contributed by atoms with Gasteiger partial charge in [0.05, 0.1) is 0 Å². The number of aliphatic carboxylic acids is 1. The van der Waals surface area contributed by atoms with Crippen LogP contribution in [0.5, 0.6) is 0 Å². The van der Waals surface area contributed by atoms with E-state index in [0.717, 1.165) is 6.42 Å². The number of hydrogen-bond acceptors (Lipinski definition) is 2. The molecule has 1 N–H and O–H groups in total. The summed E-state index contributed by atoms with van der Waals surface area (Å²) in [4.78, 5) is 10.5. The molecule has 0 radical (unpaired) electrons. The Morgan fingerprint density at radius 1 is 0.917 bits per heavy atom. The average Bonchev–Trinajstić information content (AvgIpc) is 3.31. The monoisotopic (exact) mass is 376 g/mol. The van der Waals surface area contributed by atoms with E-state index in [1.807, 2.05) is 12.2 Å². The van der Waals surface area contributed by atoms with E-state index in [9.17, 15) is 4.79 Å². The predicted molar refractivity (Wildman–Crippen MR) is 95.1 cm³/mol. The third-order valence-electron chi connectivity index (χ3n) is 4.06. The fourth-order valence-corrected chi connectivity index (χ4v) is 2.59. The van der Waals surface area contributed by atoms with Gasteiger partial charge in [0.1, 0.15) is 0 Å². The number of rotatable bonds is 15. The Morgan fingerprint density at radius 3 is 1.96 bits per heavy atom. The minimum absolute atomic E-state index is 0. The van der Waals surface area contributed by atoms with Crippen LogP contribution in [0.4, 0.5) is 0 Å². The van der Waals surface area contributed by atoms with Gasteiger partial charge in [0.15, 0.2) is 5.76 Å². The molecule has 0 bridgehead atoms. The maximum absolute atomic E-state index is 10.5. The molecule has 138 valence electrons. The van der Waals surface area contributed by atoms with E-state index < -0.39 is 5.97 Å². The SMILES string of the molecule is CCCCCCCCCCCCCC=CC=CC1=C(C(=O)O)O1.[Fe]. The molecule has 1 aliphatic rings. The first-order valence-electron chi connectivity index (χ1n) is 9.24. The minimum atomic E-state index is -0.991. The van der Waals surface area contributed by atoms with Crippen molar-refractivity contribution in [1.82, 2.24) is 0 Å². The number of allylic oxidation sites excluding steroid dienone is 4. The zero-order valence-corrected chi connectivity index (χ0v) is 16.0. The topological polar surface area (TPSA) is 49.8 Å². The Balaban J connectivity index is 0.00000529. The number of carboxylic acid groups (broad SMARTS) is 1. The molecule has 1 aliphatic heterocycles. The zero-order valence-electron chi connectivity index (χ0n) is 14.9. The van der Waals surface area contributed by atoms with Gasteiger partial charge in [-0.25, -0.2) is 4.79 Å². The van der Waals surface area contributed by atoms with Crippen LogP contribution in [0.15, 0.2) is 35.8 Å². The van der Waals surface area contributed by atoms with Crippen molar-refractivity contribution in [1.29, 1.82) is 0 Å². The van der Waals surface area contributed by atoms with Crippen molar-refractivity contribution in [3.63, 3.8) is 0 Å². The van der Waals surface area contributed by atoms with Gasteiger partial charge in [-0.05, 0) is 18.9 Å². The minimum Gasteiger partial charge on any atom is -0.475 e. The maximum atomic E-state index is 10.5. The largest absolute Gasteiger partial charge is 0.475 e. The molecule has 0 spiro atoms. The van der Waals surface area contributed by atoms with E-state index in [1.165, 1.54) is 70.6 Å². The smallest absolute Gasteiger partial charge is 0.375 e. The van der Waals surface area contributed by atoms with Gasteiger partial charge in [0.2, 0.25) is 0 Å². The van der Waals surface area contributed by atoms with Gasteiger partial charge in [0, 0.05) is 17.1 Å². The molecule has 3 nitrogen and oxygen atoms in total. The van der Waals surface area contributed by atoms with Crippen LogP contribution in [0.2, 0.25) is 0 Å². The van der Waals surface area contributed by atoms with Crippen molar-refractivity contribution in [2.24, 2.45) is 0 Å². The average molecular weight is 376 g/mol. The molecular weight excluding hydrogens is 344 g/mol. The number of carboxylic acids is 1.